The van der Waals surface area contributed by atoms with Crippen LogP contribution in [-0.4, -0.2) is 46.5 Å². The highest BCUT2D eigenvalue weighted by molar-refractivity contribution is 14.0. The van der Waals surface area contributed by atoms with Gasteiger partial charge in [0.1, 0.15) is 5.75 Å². The molecule has 8 heteroatoms. The van der Waals surface area contributed by atoms with Crippen LogP contribution in [0.15, 0.2) is 47.5 Å². The first-order chi connectivity index (χ1) is 14.3. The van der Waals surface area contributed by atoms with Crippen molar-refractivity contribution in [3.05, 3.63) is 48.0 Å². The molecule has 2 N–H and O–H groups in total. The van der Waals surface area contributed by atoms with E-state index >= 15 is 0 Å². The van der Waals surface area contributed by atoms with E-state index in [1.54, 1.807) is 14.2 Å². The Hall–Kier alpha value is -2.36. The van der Waals surface area contributed by atoms with Crippen LogP contribution in [0.1, 0.15) is 12.0 Å². The molecule has 0 spiro atoms. The molecule has 2 aliphatic heterocycles. The molecule has 2 aliphatic rings. The van der Waals surface area contributed by atoms with Gasteiger partial charge in [0.15, 0.2) is 17.5 Å². The predicted octanol–water partition coefficient (Wildman–Crippen LogP) is 3.23. The smallest absolute Gasteiger partial charge is 0.231 e. The van der Waals surface area contributed by atoms with E-state index in [-0.39, 0.29) is 24.0 Å². The number of aliphatic imine (C=N–C) groups is 1. The molecule has 1 saturated heterocycles. The van der Waals surface area contributed by atoms with Crippen LogP contribution in [0.2, 0.25) is 0 Å². The van der Waals surface area contributed by atoms with E-state index in [1.807, 2.05) is 30.3 Å². The van der Waals surface area contributed by atoms with Crippen molar-refractivity contribution in [3.8, 4) is 17.2 Å². The minimum atomic E-state index is 0. The van der Waals surface area contributed by atoms with Gasteiger partial charge in [0.2, 0.25) is 6.79 Å². The Morgan fingerprint density at radius 3 is 2.83 bits per heavy atom. The maximum atomic E-state index is 5.51. The molecule has 1 fully saturated rings. The molecule has 0 amide bonds. The van der Waals surface area contributed by atoms with E-state index in [9.17, 15) is 0 Å². The van der Waals surface area contributed by atoms with E-state index in [4.69, 9.17) is 14.2 Å². The fraction of sp³-hybridized carbons (Fsp3) is 0.409. The summed E-state index contributed by atoms with van der Waals surface area (Å²) in [4.78, 5) is 6.74. The zero-order valence-electron chi connectivity index (χ0n) is 17.4. The molecule has 1 unspecified atom stereocenters. The highest BCUT2D eigenvalue weighted by Gasteiger charge is 2.24. The first kappa shape index (κ1) is 22.3. The number of nitrogens with one attached hydrogen (secondary N) is 2. The standard InChI is InChI=1S/C22H28N4O3.HI/c1-23-22(24-12-16-7-8-20-21(11-16)29-15-28-20)25-13-17-9-10-26(14-17)18-5-3-4-6-19(18)27-2;/h3-8,11,17H,9-10,12-15H2,1-2H3,(H2,23,24,25);1H. The topological polar surface area (TPSA) is 67.4 Å². The molecular formula is C22H29IN4O3. The van der Waals surface area contributed by atoms with Crippen LogP contribution >= 0.6 is 24.0 Å². The third-order valence-corrected chi connectivity index (χ3v) is 5.39. The lowest BCUT2D eigenvalue weighted by atomic mass is 10.1. The first-order valence-electron chi connectivity index (χ1n) is 9.98. The summed E-state index contributed by atoms with van der Waals surface area (Å²) in [6, 6.07) is 14.2. The molecule has 2 aromatic carbocycles. The van der Waals surface area contributed by atoms with Crippen LogP contribution in [0.4, 0.5) is 5.69 Å². The van der Waals surface area contributed by atoms with Crippen LogP contribution in [0, 0.1) is 5.92 Å². The van der Waals surface area contributed by atoms with E-state index in [2.05, 4.69) is 32.7 Å². The first-order valence-corrected chi connectivity index (χ1v) is 9.98. The fourth-order valence-corrected chi connectivity index (χ4v) is 3.81. The summed E-state index contributed by atoms with van der Waals surface area (Å²) in [7, 11) is 3.52. The predicted molar refractivity (Wildman–Crippen MR) is 129 cm³/mol. The Labute approximate surface area is 194 Å². The Balaban J connectivity index is 0.00000256. The zero-order chi connectivity index (χ0) is 20.1. The normalized spacial score (nSPS) is 17.5. The van der Waals surface area contributed by atoms with Gasteiger partial charge in [-0.05, 0) is 42.2 Å². The third kappa shape index (κ3) is 5.21. The lowest BCUT2D eigenvalue weighted by Gasteiger charge is -2.21. The van der Waals surface area contributed by atoms with Crippen molar-refractivity contribution in [2.75, 3.05) is 45.5 Å². The molecule has 0 bridgehead atoms. The Morgan fingerprint density at radius 2 is 2.00 bits per heavy atom. The van der Waals surface area contributed by atoms with E-state index in [0.717, 1.165) is 54.8 Å². The average Bonchev–Trinajstić information content (AvgIpc) is 3.43. The van der Waals surface area contributed by atoms with Gasteiger partial charge in [-0.2, -0.15) is 0 Å². The second-order valence-electron chi connectivity index (χ2n) is 7.27. The lowest BCUT2D eigenvalue weighted by molar-refractivity contribution is 0.174. The summed E-state index contributed by atoms with van der Waals surface area (Å²) in [5, 5.41) is 6.83. The maximum Gasteiger partial charge on any atom is 0.231 e. The van der Waals surface area contributed by atoms with Crippen molar-refractivity contribution < 1.29 is 14.2 Å². The number of anilines is 1. The van der Waals surface area contributed by atoms with Crippen molar-refractivity contribution in [1.29, 1.82) is 0 Å². The number of hydrogen-bond donors (Lipinski definition) is 2. The molecule has 162 valence electrons. The third-order valence-electron chi connectivity index (χ3n) is 5.39. The number of benzene rings is 2. The Bertz CT molecular complexity index is 877. The van der Waals surface area contributed by atoms with Crippen LogP contribution in [0.3, 0.4) is 0 Å². The highest BCUT2D eigenvalue weighted by atomic mass is 127. The van der Waals surface area contributed by atoms with Gasteiger partial charge in [-0.3, -0.25) is 4.99 Å². The fourth-order valence-electron chi connectivity index (χ4n) is 3.81. The van der Waals surface area contributed by atoms with Crippen molar-refractivity contribution in [3.63, 3.8) is 0 Å². The molecule has 0 saturated carbocycles. The number of halogens is 1. The van der Waals surface area contributed by atoms with Crippen LogP contribution in [0.25, 0.3) is 0 Å². The number of methoxy groups -OCH3 is 1. The summed E-state index contributed by atoms with van der Waals surface area (Å²) in [6.45, 7) is 3.89. The van der Waals surface area contributed by atoms with Crippen molar-refractivity contribution in [2.24, 2.45) is 10.9 Å². The lowest BCUT2D eigenvalue weighted by Crippen LogP contribution is -2.39. The van der Waals surface area contributed by atoms with Crippen LogP contribution < -0.4 is 29.7 Å². The van der Waals surface area contributed by atoms with Gasteiger partial charge >= 0.3 is 0 Å². The largest absolute Gasteiger partial charge is 0.495 e. The van der Waals surface area contributed by atoms with Gasteiger partial charge in [-0.25, -0.2) is 0 Å². The molecule has 0 aromatic heterocycles. The molecular weight excluding hydrogens is 495 g/mol. The summed E-state index contributed by atoms with van der Waals surface area (Å²) in [5.74, 6) is 3.90. The minimum Gasteiger partial charge on any atom is -0.495 e. The molecule has 7 nitrogen and oxygen atoms in total. The summed E-state index contributed by atoms with van der Waals surface area (Å²) >= 11 is 0. The van der Waals surface area contributed by atoms with Crippen molar-refractivity contribution >= 4 is 35.6 Å². The number of rotatable bonds is 6. The second kappa shape index (κ2) is 10.6. The van der Waals surface area contributed by atoms with E-state index in [1.165, 1.54) is 5.69 Å². The van der Waals surface area contributed by atoms with Gasteiger partial charge in [0.05, 0.1) is 12.8 Å². The van der Waals surface area contributed by atoms with Gasteiger partial charge in [-0.15, -0.1) is 24.0 Å². The van der Waals surface area contributed by atoms with Crippen molar-refractivity contribution in [1.82, 2.24) is 10.6 Å². The average molecular weight is 524 g/mol. The van der Waals surface area contributed by atoms with Gasteiger partial charge in [0, 0.05) is 33.2 Å². The number of nitrogens with zero attached hydrogens (tertiary/aromatic N) is 2. The summed E-state index contributed by atoms with van der Waals surface area (Å²) in [5.41, 5.74) is 2.29. The SMILES string of the molecule is CN=C(NCc1ccc2c(c1)OCO2)NCC1CCN(c2ccccc2OC)C1.I. The minimum absolute atomic E-state index is 0. The summed E-state index contributed by atoms with van der Waals surface area (Å²) < 4.78 is 16.3. The maximum absolute atomic E-state index is 5.51. The van der Waals surface area contributed by atoms with Crippen LogP contribution in [0.5, 0.6) is 17.2 Å². The Morgan fingerprint density at radius 1 is 1.17 bits per heavy atom. The van der Waals surface area contributed by atoms with E-state index < -0.39 is 0 Å². The molecule has 4 rings (SSSR count). The monoisotopic (exact) mass is 524 g/mol. The van der Waals surface area contributed by atoms with Crippen molar-refractivity contribution in [2.45, 2.75) is 13.0 Å². The second-order valence-corrected chi connectivity index (χ2v) is 7.27. The molecule has 0 aliphatic carbocycles. The summed E-state index contributed by atoms with van der Waals surface area (Å²) in [6.07, 6.45) is 1.14. The number of ether oxygens (including phenoxy) is 3. The van der Waals surface area contributed by atoms with Gasteiger partial charge in [-0.1, -0.05) is 18.2 Å². The number of para-hydroxylation sites is 2. The highest BCUT2D eigenvalue weighted by Crippen LogP contribution is 2.33. The zero-order valence-corrected chi connectivity index (χ0v) is 19.7. The molecule has 2 heterocycles. The van der Waals surface area contributed by atoms with Crippen LogP contribution in [-0.2, 0) is 6.54 Å². The Kier molecular flexibility index (Phi) is 7.89. The van der Waals surface area contributed by atoms with Gasteiger partial charge in [0.25, 0.3) is 0 Å². The number of guanidine groups is 1. The molecule has 0 radical (unpaired) electrons. The number of fused-ring (bicyclic) bond motifs is 1. The van der Waals surface area contributed by atoms with Gasteiger partial charge < -0.3 is 29.7 Å². The molecule has 30 heavy (non-hydrogen) atoms. The molecule has 2 aromatic rings. The quantitative estimate of drug-likeness (QED) is 0.344. The van der Waals surface area contributed by atoms with E-state index in [0.29, 0.717) is 19.3 Å². The number of hydrogen-bond acceptors (Lipinski definition) is 5. The molecule has 1 atom stereocenters.